The van der Waals surface area contributed by atoms with E-state index in [4.69, 9.17) is 0 Å². The van der Waals surface area contributed by atoms with E-state index < -0.39 is 0 Å². The highest BCUT2D eigenvalue weighted by Gasteiger charge is 2.27. The van der Waals surface area contributed by atoms with Crippen molar-refractivity contribution in [1.29, 1.82) is 0 Å². The van der Waals surface area contributed by atoms with Crippen molar-refractivity contribution in [3.63, 3.8) is 0 Å². The van der Waals surface area contributed by atoms with Crippen LogP contribution in [0, 0.1) is 0 Å². The summed E-state index contributed by atoms with van der Waals surface area (Å²) in [7, 11) is 0. The van der Waals surface area contributed by atoms with Crippen molar-refractivity contribution in [3.8, 4) is 11.1 Å². The first-order valence-electron chi connectivity index (χ1n) is 14.9. The third kappa shape index (κ3) is 4.65. The predicted octanol–water partition coefficient (Wildman–Crippen LogP) is 10.8. The molecular formula is C36H32Br2N4. The van der Waals surface area contributed by atoms with E-state index >= 15 is 0 Å². The Morgan fingerprint density at radius 2 is 1.21 bits per heavy atom. The molecule has 2 atom stereocenters. The lowest BCUT2D eigenvalue weighted by atomic mass is 9.90. The summed E-state index contributed by atoms with van der Waals surface area (Å²) in [5.41, 5.74) is 12.8. The lowest BCUT2D eigenvalue weighted by Crippen LogP contribution is -2.19. The van der Waals surface area contributed by atoms with Crippen LogP contribution in [0.25, 0.3) is 32.9 Å². The molecule has 0 saturated heterocycles. The smallest absolute Gasteiger partial charge is 0.0666 e. The number of fused-ring (bicyclic) bond motifs is 6. The molecule has 2 aliphatic carbocycles. The molecule has 6 heteroatoms. The van der Waals surface area contributed by atoms with Crippen molar-refractivity contribution in [2.45, 2.75) is 50.6 Å². The highest BCUT2D eigenvalue weighted by molar-refractivity contribution is 9.10. The number of anilines is 2. The number of nitrogens with one attached hydrogen (secondary N) is 4. The Morgan fingerprint density at radius 1 is 0.619 bits per heavy atom. The number of aromatic nitrogens is 2. The quantitative estimate of drug-likeness (QED) is 0.147. The number of benzene rings is 4. The lowest BCUT2D eigenvalue weighted by Gasteiger charge is -2.28. The molecule has 2 aromatic heterocycles. The van der Waals surface area contributed by atoms with Crippen LogP contribution in [-0.2, 0) is 12.8 Å². The number of rotatable bonds is 5. The fourth-order valence-electron chi connectivity index (χ4n) is 7.17. The highest BCUT2D eigenvalue weighted by atomic mass is 79.9. The van der Waals surface area contributed by atoms with Crippen LogP contribution in [0.5, 0.6) is 0 Å². The molecule has 0 fully saturated rings. The molecule has 0 amide bonds. The van der Waals surface area contributed by atoms with Gasteiger partial charge in [-0.25, -0.2) is 0 Å². The third-order valence-corrected chi connectivity index (χ3v) is 10.1. The molecule has 42 heavy (non-hydrogen) atoms. The van der Waals surface area contributed by atoms with Gasteiger partial charge in [0.1, 0.15) is 0 Å². The Bertz CT molecular complexity index is 1940. The number of aryl methyl sites for hydroxylation is 2. The second-order valence-electron chi connectivity index (χ2n) is 11.7. The first kappa shape index (κ1) is 26.2. The zero-order valence-electron chi connectivity index (χ0n) is 23.2. The van der Waals surface area contributed by atoms with Gasteiger partial charge in [0.25, 0.3) is 0 Å². The maximum atomic E-state index is 4.01. The summed E-state index contributed by atoms with van der Waals surface area (Å²) in [6, 6.07) is 31.2. The molecule has 0 bridgehead atoms. The molecular weight excluding hydrogens is 648 g/mol. The molecule has 0 saturated carbocycles. The van der Waals surface area contributed by atoms with Crippen molar-refractivity contribution < 1.29 is 0 Å². The minimum absolute atomic E-state index is 0.228. The lowest BCUT2D eigenvalue weighted by molar-refractivity contribution is 0.591. The number of halogens is 2. The van der Waals surface area contributed by atoms with Crippen LogP contribution in [0.2, 0.25) is 0 Å². The second kappa shape index (κ2) is 10.7. The number of hydrogen-bond donors (Lipinski definition) is 4. The van der Waals surface area contributed by atoms with Crippen LogP contribution in [0.3, 0.4) is 0 Å². The van der Waals surface area contributed by atoms with Crippen molar-refractivity contribution in [3.05, 3.63) is 116 Å². The van der Waals surface area contributed by atoms with Crippen LogP contribution in [-0.4, -0.2) is 9.97 Å². The van der Waals surface area contributed by atoms with Crippen LogP contribution in [0.4, 0.5) is 11.4 Å². The highest BCUT2D eigenvalue weighted by Crippen LogP contribution is 2.42. The fourth-order valence-corrected chi connectivity index (χ4v) is 7.89. The van der Waals surface area contributed by atoms with Crippen molar-refractivity contribution in [1.82, 2.24) is 9.97 Å². The number of aromatic amines is 2. The average Bonchev–Trinajstić information content (AvgIpc) is 3.57. The maximum absolute atomic E-state index is 4.01. The van der Waals surface area contributed by atoms with E-state index in [1.165, 1.54) is 74.0 Å². The summed E-state index contributed by atoms with van der Waals surface area (Å²) in [6.07, 6.45) is 6.80. The zero-order valence-corrected chi connectivity index (χ0v) is 26.4. The van der Waals surface area contributed by atoms with Crippen LogP contribution in [0.15, 0.2) is 93.9 Å². The molecule has 4 aromatic carbocycles. The molecule has 0 aliphatic heterocycles. The van der Waals surface area contributed by atoms with E-state index in [0.29, 0.717) is 0 Å². The maximum Gasteiger partial charge on any atom is 0.0666 e. The summed E-state index contributed by atoms with van der Waals surface area (Å²) in [4.78, 5) is 7.53. The Hall–Kier alpha value is -3.48. The molecule has 0 spiro atoms. The predicted molar refractivity (Wildman–Crippen MR) is 182 cm³/mol. The van der Waals surface area contributed by atoms with E-state index in [9.17, 15) is 0 Å². The molecule has 0 radical (unpaired) electrons. The van der Waals surface area contributed by atoms with Gasteiger partial charge in [-0.1, -0.05) is 68.3 Å². The Morgan fingerprint density at radius 3 is 1.83 bits per heavy atom. The number of H-pyrrole nitrogens is 2. The Labute approximate surface area is 262 Å². The van der Waals surface area contributed by atoms with Gasteiger partial charge in [0.05, 0.1) is 12.1 Å². The van der Waals surface area contributed by atoms with Gasteiger partial charge in [-0.05, 0) is 104 Å². The van der Waals surface area contributed by atoms with Crippen molar-refractivity contribution in [2.75, 3.05) is 10.6 Å². The van der Waals surface area contributed by atoms with E-state index in [1.54, 1.807) is 0 Å². The average molecular weight is 680 g/mol. The third-order valence-electron chi connectivity index (χ3n) is 9.11. The van der Waals surface area contributed by atoms with Crippen LogP contribution in [0.1, 0.15) is 60.3 Å². The van der Waals surface area contributed by atoms with Gasteiger partial charge in [-0.2, -0.15) is 0 Å². The summed E-state index contributed by atoms with van der Waals surface area (Å²) in [5.74, 6) is 0. The summed E-state index contributed by atoms with van der Waals surface area (Å²) in [5, 5.41) is 10.6. The molecule has 2 heterocycles. The molecule has 8 rings (SSSR count). The first-order chi connectivity index (χ1) is 20.6. The monoisotopic (exact) mass is 678 g/mol. The minimum Gasteiger partial charge on any atom is -0.377 e. The van der Waals surface area contributed by atoms with E-state index in [2.05, 4.69) is 137 Å². The number of hydrogen-bond acceptors (Lipinski definition) is 2. The van der Waals surface area contributed by atoms with Crippen molar-refractivity contribution >= 4 is 65.0 Å². The second-order valence-corrected chi connectivity index (χ2v) is 13.6. The molecule has 6 aromatic rings. The Kier molecular flexibility index (Phi) is 6.64. The van der Waals surface area contributed by atoms with E-state index in [-0.39, 0.29) is 12.1 Å². The van der Waals surface area contributed by atoms with Gasteiger partial charge < -0.3 is 20.6 Å². The van der Waals surface area contributed by atoms with Crippen LogP contribution >= 0.6 is 31.9 Å². The summed E-state index contributed by atoms with van der Waals surface area (Å²) >= 11 is 7.35. The van der Waals surface area contributed by atoms with E-state index in [1.807, 2.05) is 0 Å². The van der Waals surface area contributed by atoms with Gasteiger partial charge in [-0.15, -0.1) is 0 Å². The largest absolute Gasteiger partial charge is 0.377 e. The van der Waals surface area contributed by atoms with Gasteiger partial charge in [0.15, 0.2) is 0 Å². The van der Waals surface area contributed by atoms with Gasteiger partial charge in [0, 0.05) is 59.1 Å². The summed E-state index contributed by atoms with van der Waals surface area (Å²) < 4.78 is 2.26. The molecule has 4 nitrogen and oxygen atoms in total. The molecule has 2 aliphatic rings. The van der Waals surface area contributed by atoms with Gasteiger partial charge in [-0.3, -0.25) is 0 Å². The van der Waals surface area contributed by atoms with Gasteiger partial charge in [0.2, 0.25) is 0 Å². The first-order valence-corrected chi connectivity index (χ1v) is 16.5. The normalized spacial score (nSPS) is 18.1. The van der Waals surface area contributed by atoms with Gasteiger partial charge >= 0.3 is 0 Å². The minimum atomic E-state index is 0.228. The molecule has 210 valence electrons. The molecule has 2 unspecified atom stereocenters. The molecule has 4 N–H and O–H groups in total. The standard InChI is InChI=1S/C36H32Br2N4/c37-22-12-16-30-28(18-22)26-8-4-10-32(35(26)41-30)39-24-14-15-25(21-6-2-1-3-7-21)34(20-24)40-33-11-5-9-27-29-19-23(38)13-17-31(29)42-36(27)33/h1-3,6-7,12-20,32-33,39-42H,4-5,8-11H2. The fraction of sp³-hybridized carbons (Fsp3) is 0.222. The van der Waals surface area contributed by atoms with Crippen molar-refractivity contribution in [2.24, 2.45) is 0 Å². The Balaban J connectivity index is 1.16. The van der Waals surface area contributed by atoms with E-state index in [0.717, 1.165) is 40.3 Å². The zero-order chi connectivity index (χ0) is 28.2. The van der Waals surface area contributed by atoms with Crippen LogP contribution < -0.4 is 10.6 Å². The topological polar surface area (TPSA) is 55.6 Å². The summed E-state index contributed by atoms with van der Waals surface area (Å²) in [6.45, 7) is 0. The SMILES string of the molecule is Brc1ccc2[nH]c3c(c2c1)CCCC3Nc1ccc(-c2ccccc2)c(NC2CCCc3c2[nH]c2ccc(Br)cc32)c1.